The molecule has 3 rings (SSSR count). The highest BCUT2D eigenvalue weighted by atomic mass is 32.2. The van der Waals surface area contributed by atoms with E-state index in [1.165, 1.54) is 24.2 Å². The maximum Gasteiger partial charge on any atom is 0.293 e. The average Bonchev–Trinajstić information content (AvgIpc) is 2.84. The molecule has 0 atom stereocenters. The van der Waals surface area contributed by atoms with E-state index in [4.69, 9.17) is 0 Å². The molecule has 1 aromatic rings. The van der Waals surface area contributed by atoms with E-state index in [2.05, 4.69) is 0 Å². The molecule has 128 valence electrons. The molecule has 4 nitrogen and oxygen atoms in total. The summed E-state index contributed by atoms with van der Waals surface area (Å²) in [5.74, 6) is 0.346. The third-order valence-corrected chi connectivity index (χ3v) is 5.65. The lowest BCUT2D eigenvalue weighted by atomic mass is 9.89. The number of anilines is 1. The first-order valence-electron chi connectivity index (χ1n) is 8.57. The molecule has 1 aromatic carbocycles. The second-order valence-corrected chi connectivity index (χ2v) is 7.78. The molecule has 1 aliphatic carbocycles. The van der Waals surface area contributed by atoms with Crippen LogP contribution in [0.1, 0.15) is 37.7 Å². The monoisotopic (exact) mass is 344 g/mol. The molecule has 1 saturated heterocycles. The number of hydrogen-bond donors (Lipinski definition) is 0. The average molecular weight is 344 g/mol. The molecule has 5 heteroatoms. The van der Waals surface area contributed by atoms with Gasteiger partial charge >= 0.3 is 0 Å². The molecule has 2 amide bonds. The lowest BCUT2D eigenvalue weighted by molar-refractivity contribution is -0.123. The van der Waals surface area contributed by atoms with Crippen LogP contribution in [0.5, 0.6) is 0 Å². The van der Waals surface area contributed by atoms with E-state index in [1.807, 2.05) is 49.3 Å². The van der Waals surface area contributed by atoms with Gasteiger partial charge < -0.3 is 4.90 Å². The van der Waals surface area contributed by atoms with Crippen molar-refractivity contribution < 1.29 is 9.59 Å². The Bertz CT molecular complexity index is 646. The van der Waals surface area contributed by atoms with Crippen molar-refractivity contribution in [3.63, 3.8) is 0 Å². The molecule has 0 N–H and O–H groups in total. The number of nitrogens with zero attached hydrogens (tertiary/aromatic N) is 2. The predicted octanol–water partition coefficient (Wildman–Crippen LogP) is 4.37. The van der Waals surface area contributed by atoms with Crippen LogP contribution in [0.3, 0.4) is 0 Å². The van der Waals surface area contributed by atoms with E-state index in [-0.39, 0.29) is 11.1 Å². The second-order valence-electron chi connectivity index (χ2n) is 6.78. The largest absolute Gasteiger partial charge is 0.378 e. The van der Waals surface area contributed by atoms with Gasteiger partial charge in [0.25, 0.3) is 11.1 Å². The van der Waals surface area contributed by atoms with Crippen LogP contribution in [0.4, 0.5) is 10.5 Å². The van der Waals surface area contributed by atoms with Crippen molar-refractivity contribution in [1.29, 1.82) is 0 Å². The van der Waals surface area contributed by atoms with Crippen molar-refractivity contribution in [2.75, 3.05) is 25.5 Å². The highest BCUT2D eigenvalue weighted by Crippen LogP contribution is 2.34. The summed E-state index contributed by atoms with van der Waals surface area (Å²) in [6, 6.07) is 7.98. The van der Waals surface area contributed by atoms with Crippen molar-refractivity contribution >= 4 is 34.7 Å². The lowest BCUT2D eigenvalue weighted by Gasteiger charge is -2.25. The topological polar surface area (TPSA) is 40.6 Å². The quantitative estimate of drug-likeness (QED) is 0.761. The molecule has 0 bridgehead atoms. The van der Waals surface area contributed by atoms with Gasteiger partial charge in [-0.05, 0) is 54.3 Å². The number of imide groups is 1. The highest BCUT2D eigenvalue weighted by Gasteiger charge is 2.36. The fraction of sp³-hybridized carbons (Fsp3) is 0.474. The van der Waals surface area contributed by atoms with Gasteiger partial charge in [-0.15, -0.1) is 0 Å². The van der Waals surface area contributed by atoms with Gasteiger partial charge in [-0.25, -0.2) is 0 Å². The Labute approximate surface area is 147 Å². The Morgan fingerprint density at radius 2 is 1.79 bits per heavy atom. The Morgan fingerprint density at radius 3 is 2.42 bits per heavy atom. The van der Waals surface area contributed by atoms with Crippen LogP contribution in [0.2, 0.25) is 0 Å². The molecule has 0 spiro atoms. The minimum absolute atomic E-state index is 0.123. The lowest BCUT2D eigenvalue weighted by Crippen LogP contribution is -2.34. The van der Waals surface area contributed by atoms with E-state index < -0.39 is 0 Å². The van der Waals surface area contributed by atoms with Crippen molar-refractivity contribution in [3.05, 3.63) is 34.7 Å². The highest BCUT2D eigenvalue weighted by molar-refractivity contribution is 8.18. The molecule has 1 aliphatic heterocycles. The number of amides is 2. The van der Waals surface area contributed by atoms with Crippen LogP contribution in [-0.4, -0.2) is 36.7 Å². The van der Waals surface area contributed by atoms with Crippen molar-refractivity contribution in [1.82, 2.24) is 4.90 Å². The fourth-order valence-corrected chi connectivity index (χ4v) is 4.15. The smallest absolute Gasteiger partial charge is 0.293 e. The van der Waals surface area contributed by atoms with E-state index in [0.29, 0.717) is 17.4 Å². The van der Waals surface area contributed by atoms with Gasteiger partial charge in [-0.3, -0.25) is 14.5 Å². The first-order chi connectivity index (χ1) is 11.5. The molecular weight excluding hydrogens is 320 g/mol. The maximum atomic E-state index is 12.6. The van der Waals surface area contributed by atoms with Crippen LogP contribution in [0.15, 0.2) is 29.2 Å². The number of carbonyl (C=O) groups excluding carboxylic acids is 2. The summed E-state index contributed by atoms with van der Waals surface area (Å²) in [6.45, 7) is 0.585. The predicted molar refractivity (Wildman–Crippen MR) is 100 cm³/mol. The number of thioether (sulfide) groups is 1. The van der Waals surface area contributed by atoms with E-state index >= 15 is 0 Å². The van der Waals surface area contributed by atoms with Crippen LogP contribution in [0, 0.1) is 5.92 Å². The molecule has 24 heavy (non-hydrogen) atoms. The summed E-state index contributed by atoms with van der Waals surface area (Å²) in [5, 5.41) is -0.123. The zero-order valence-corrected chi connectivity index (χ0v) is 15.1. The minimum Gasteiger partial charge on any atom is -0.378 e. The van der Waals surface area contributed by atoms with Crippen LogP contribution in [0.25, 0.3) is 6.08 Å². The summed E-state index contributed by atoms with van der Waals surface area (Å²) in [4.78, 5) is 28.8. The van der Waals surface area contributed by atoms with Gasteiger partial charge in [-0.1, -0.05) is 31.4 Å². The summed E-state index contributed by atoms with van der Waals surface area (Å²) in [6.07, 6.45) is 7.80. The first-order valence-corrected chi connectivity index (χ1v) is 9.39. The molecule has 2 fully saturated rings. The van der Waals surface area contributed by atoms with Gasteiger partial charge in [0, 0.05) is 26.3 Å². The molecule has 0 radical (unpaired) electrons. The molecular formula is C19H24N2O2S. The molecule has 1 saturated carbocycles. The fourth-order valence-electron chi connectivity index (χ4n) is 3.31. The summed E-state index contributed by atoms with van der Waals surface area (Å²) >= 11 is 1.06. The maximum absolute atomic E-state index is 12.6. The molecule has 0 unspecified atom stereocenters. The standard InChI is InChI=1S/C19H24N2O2S/c1-20(2)16-10-8-14(9-11-16)12-17-18(22)21(19(23)24-17)13-15-6-4-3-5-7-15/h8-12,15H,3-7,13H2,1-2H3/b17-12+. The van der Waals surface area contributed by atoms with Crippen LogP contribution < -0.4 is 4.90 Å². The first kappa shape index (κ1) is 17.1. The van der Waals surface area contributed by atoms with Gasteiger partial charge in [-0.2, -0.15) is 0 Å². The Hall–Kier alpha value is -1.75. The zero-order valence-electron chi connectivity index (χ0n) is 14.3. The number of rotatable bonds is 4. The number of benzene rings is 1. The third-order valence-electron chi connectivity index (χ3n) is 4.75. The zero-order chi connectivity index (χ0) is 17.1. The van der Waals surface area contributed by atoms with E-state index in [0.717, 1.165) is 35.9 Å². The second kappa shape index (κ2) is 7.43. The van der Waals surface area contributed by atoms with Gasteiger partial charge in [0.2, 0.25) is 0 Å². The van der Waals surface area contributed by atoms with E-state index in [1.54, 1.807) is 0 Å². The molecule has 1 heterocycles. The normalized spacial score (nSPS) is 20.9. The van der Waals surface area contributed by atoms with Crippen molar-refractivity contribution in [3.8, 4) is 0 Å². The number of carbonyl (C=O) groups is 2. The van der Waals surface area contributed by atoms with Crippen LogP contribution in [-0.2, 0) is 4.79 Å². The van der Waals surface area contributed by atoms with Crippen molar-refractivity contribution in [2.45, 2.75) is 32.1 Å². The third kappa shape index (κ3) is 3.83. The SMILES string of the molecule is CN(C)c1ccc(/C=C2/SC(=O)N(CC3CCCCC3)C2=O)cc1. The van der Waals surface area contributed by atoms with Crippen LogP contribution >= 0.6 is 11.8 Å². The van der Waals surface area contributed by atoms with Gasteiger partial charge in [0.05, 0.1) is 4.91 Å². The Morgan fingerprint density at radius 1 is 1.12 bits per heavy atom. The van der Waals surface area contributed by atoms with Gasteiger partial charge in [0.1, 0.15) is 0 Å². The minimum atomic E-state index is -0.132. The Kier molecular flexibility index (Phi) is 5.29. The van der Waals surface area contributed by atoms with Crippen molar-refractivity contribution in [2.24, 2.45) is 5.92 Å². The number of hydrogen-bond acceptors (Lipinski definition) is 4. The summed E-state index contributed by atoms with van der Waals surface area (Å²) in [7, 11) is 3.98. The summed E-state index contributed by atoms with van der Waals surface area (Å²) < 4.78 is 0. The van der Waals surface area contributed by atoms with E-state index in [9.17, 15) is 9.59 Å². The van der Waals surface area contributed by atoms with Gasteiger partial charge in [0.15, 0.2) is 0 Å². The molecule has 0 aromatic heterocycles. The summed E-state index contributed by atoms with van der Waals surface area (Å²) in [5.41, 5.74) is 2.06. The Balaban J connectivity index is 1.70. The molecule has 2 aliphatic rings.